The fourth-order valence-electron chi connectivity index (χ4n) is 3.21. The molecule has 22 heavy (non-hydrogen) atoms. The van der Waals surface area contributed by atoms with E-state index in [-0.39, 0.29) is 12.0 Å². The third-order valence-corrected chi connectivity index (χ3v) is 4.36. The van der Waals surface area contributed by atoms with Gasteiger partial charge in [-0.05, 0) is 44.5 Å². The molecule has 5 heteroatoms. The van der Waals surface area contributed by atoms with Gasteiger partial charge in [0.2, 0.25) is 0 Å². The predicted octanol–water partition coefficient (Wildman–Crippen LogP) is 1.68. The van der Waals surface area contributed by atoms with E-state index in [1.54, 1.807) is 12.1 Å². The first-order valence-electron chi connectivity index (χ1n) is 8.13. The zero-order valence-electron chi connectivity index (χ0n) is 13.1. The van der Waals surface area contributed by atoms with Gasteiger partial charge in [-0.25, -0.2) is 0 Å². The summed E-state index contributed by atoms with van der Waals surface area (Å²) in [5, 5.41) is 2.97. The molecule has 0 radical (unpaired) electrons. The van der Waals surface area contributed by atoms with Gasteiger partial charge in [-0.3, -0.25) is 9.69 Å². The molecule has 1 aromatic carbocycles. The number of morpholine rings is 1. The summed E-state index contributed by atoms with van der Waals surface area (Å²) in [6.45, 7) is 5.96. The third-order valence-electron chi connectivity index (χ3n) is 4.36. The summed E-state index contributed by atoms with van der Waals surface area (Å²) in [4.78, 5) is 14.7. The molecule has 2 atom stereocenters. The fourth-order valence-corrected chi connectivity index (χ4v) is 3.21. The van der Waals surface area contributed by atoms with Gasteiger partial charge >= 0.3 is 0 Å². The van der Waals surface area contributed by atoms with Crippen LogP contribution in [-0.4, -0.2) is 55.8 Å². The van der Waals surface area contributed by atoms with Gasteiger partial charge in [0.15, 0.2) is 0 Å². The van der Waals surface area contributed by atoms with Crippen molar-refractivity contribution in [3.8, 4) is 5.75 Å². The zero-order valence-corrected chi connectivity index (χ0v) is 13.1. The van der Waals surface area contributed by atoms with Crippen LogP contribution in [0.25, 0.3) is 0 Å². The Kier molecular flexibility index (Phi) is 4.95. The second-order valence-electron chi connectivity index (χ2n) is 5.92. The molecule has 0 spiro atoms. The number of carbonyl (C=O) groups excluding carboxylic acids is 1. The number of nitrogens with zero attached hydrogens (tertiary/aromatic N) is 1. The van der Waals surface area contributed by atoms with Crippen LogP contribution >= 0.6 is 0 Å². The second kappa shape index (κ2) is 7.11. The minimum absolute atomic E-state index is 0.0753. The van der Waals surface area contributed by atoms with Crippen LogP contribution in [0.2, 0.25) is 0 Å². The van der Waals surface area contributed by atoms with E-state index in [4.69, 9.17) is 9.47 Å². The number of hydrogen-bond acceptors (Lipinski definition) is 4. The molecule has 0 bridgehead atoms. The molecule has 2 aliphatic heterocycles. The van der Waals surface area contributed by atoms with Gasteiger partial charge < -0.3 is 14.8 Å². The molecule has 0 saturated carbocycles. The van der Waals surface area contributed by atoms with E-state index < -0.39 is 0 Å². The first-order valence-corrected chi connectivity index (χ1v) is 8.13. The number of nitrogens with one attached hydrogen (secondary N) is 1. The molecule has 1 amide bonds. The maximum atomic E-state index is 12.2. The number of hydrogen-bond donors (Lipinski definition) is 1. The first-order chi connectivity index (χ1) is 10.8. The fraction of sp³-hybridized carbons (Fsp3) is 0.588. The smallest absolute Gasteiger partial charge is 0.251 e. The average Bonchev–Trinajstić information content (AvgIpc) is 3.01. The minimum atomic E-state index is -0.0753. The molecule has 0 unspecified atom stereocenters. The maximum absolute atomic E-state index is 12.2. The van der Waals surface area contributed by atoms with Crippen LogP contribution in [0.3, 0.4) is 0 Å². The number of ether oxygens (including phenoxy) is 2. The van der Waals surface area contributed by atoms with E-state index >= 15 is 0 Å². The minimum Gasteiger partial charge on any atom is -0.494 e. The lowest BCUT2D eigenvalue weighted by molar-refractivity contribution is -0.0461. The van der Waals surface area contributed by atoms with Gasteiger partial charge in [-0.1, -0.05) is 6.07 Å². The van der Waals surface area contributed by atoms with Gasteiger partial charge in [0.25, 0.3) is 5.91 Å². The van der Waals surface area contributed by atoms with Gasteiger partial charge in [-0.2, -0.15) is 0 Å². The van der Waals surface area contributed by atoms with E-state index in [0.29, 0.717) is 24.8 Å². The number of benzene rings is 1. The van der Waals surface area contributed by atoms with E-state index in [1.807, 2.05) is 19.1 Å². The normalized spacial score (nSPS) is 24.8. The van der Waals surface area contributed by atoms with Crippen molar-refractivity contribution < 1.29 is 14.3 Å². The second-order valence-corrected chi connectivity index (χ2v) is 5.92. The molecular weight excluding hydrogens is 280 g/mol. The highest BCUT2D eigenvalue weighted by molar-refractivity contribution is 5.94. The van der Waals surface area contributed by atoms with Crippen LogP contribution < -0.4 is 10.1 Å². The van der Waals surface area contributed by atoms with Crippen molar-refractivity contribution in [1.29, 1.82) is 0 Å². The Bertz CT molecular complexity index is 520. The molecule has 2 heterocycles. The molecule has 1 N–H and O–H groups in total. The monoisotopic (exact) mass is 304 g/mol. The third kappa shape index (κ3) is 3.59. The SMILES string of the molecule is CCOc1cccc(C(=O)NC[C@@H]2CN3CCC[C@H]3CO2)c1. The Balaban J connectivity index is 1.50. The number of fused-ring (bicyclic) bond motifs is 1. The highest BCUT2D eigenvalue weighted by atomic mass is 16.5. The highest BCUT2D eigenvalue weighted by Gasteiger charge is 2.32. The van der Waals surface area contributed by atoms with Crippen molar-refractivity contribution in [2.75, 3.05) is 32.8 Å². The van der Waals surface area contributed by atoms with Crippen molar-refractivity contribution in [2.24, 2.45) is 0 Å². The van der Waals surface area contributed by atoms with Gasteiger partial charge in [0.1, 0.15) is 5.75 Å². The summed E-state index contributed by atoms with van der Waals surface area (Å²) in [6.07, 6.45) is 2.59. The molecule has 0 aromatic heterocycles. The van der Waals surface area contributed by atoms with Crippen LogP contribution in [-0.2, 0) is 4.74 Å². The summed E-state index contributed by atoms with van der Waals surface area (Å²) in [6, 6.07) is 7.87. The Morgan fingerprint density at radius 2 is 2.41 bits per heavy atom. The first kappa shape index (κ1) is 15.3. The predicted molar refractivity (Wildman–Crippen MR) is 84.3 cm³/mol. The molecule has 5 nitrogen and oxygen atoms in total. The largest absolute Gasteiger partial charge is 0.494 e. The Morgan fingerprint density at radius 3 is 3.27 bits per heavy atom. The van der Waals surface area contributed by atoms with Gasteiger partial charge in [-0.15, -0.1) is 0 Å². The van der Waals surface area contributed by atoms with E-state index in [2.05, 4.69) is 10.2 Å². The molecule has 1 aromatic rings. The molecule has 3 rings (SSSR count). The lowest BCUT2D eigenvalue weighted by atomic mass is 10.1. The molecular formula is C17H24N2O3. The van der Waals surface area contributed by atoms with Crippen LogP contribution in [0, 0.1) is 0 Å². The van der Waals surface area contributed by atoms with E-state index in [0.717, 1.165) is 25.4 Å². The van der Waals surface area contributed by atoms with Crippen LogP contribution in [0.1, 0.15) is 30.1 Å². The van der Waals surface area contributed by atoms with Crippen molar-refractivity contribution in [3.63, 3.8) is 0 Å². The van der Waals surface area contributed by atoms with Crippen LogP contribution in [0.5, 0.6) is 5.75 Å². The molecule has 2 aliphatic rings. The van der Waals surface area contributed by atoms with Gasteiger partial charge in [0.05, 0.1) is 19.3 Å². The standard InChI is InChI=1S/C17H24N2O3/c1-2-21-15-7-3-5-13(9-15)17(20)18-10-16-11-19-8-4-6-14(19)12-22-16/h3,5,7,9,14,16H,2,4,6,8,10-12H2,1H3,(H,18,20)/t14-,16+/m0/s1. The quantitative estimate of drug-likeness (QED) is 0.899. The number of rotatable bonds is 5. The summed E-state index contributed by atoms with van der Waals surface area (Å²) in [7, 11) is 0. The number of amides is 1. The van der Waals surface area contributed by atoms with E-state index in [9.17, 15) is 4.79 Å². The molecule has 2 saturated heterocycles. The lowest BCUT2D eigenvalue weighted by Gasteiger charge is -2.35. The summed E-state index contributed by atoms with van der Waals surface area (Å²) in [5.74, 6) is 0.651. The zero-order chi connectivity index (χ0) is 15.4. The van der Waals surface area contributed by atoms with Crippen molar-refractivity contribution in [3.05, 3.63) is 29.8 Å². The average molecular weight is 304 g/mol. The summed E-state index contributed by atoms with van der Waals surface area (Å²) in [5.41, 5.74) is 0.626. The molecule has 2 fully saturated rings. The van der Waals surface area contributed by atoms with Crippen LogP contribution in [0.4, 0.5) is 0 Å². The van der Waals surface area contributed by atoms with Crippen LogP contribution in [0.15, 0.2) is 24.3 Å². The summed E-state index contributed by atoms with van der Waals surface area (Å²) >= 11 is 0. The molecule has 0 aliphatic carbocycles. The summed E-state index contributed by atoms with van der Waals surface area (Å²) < 4.78 is 11.3. The van der Waals surface area contributed by atoms with Crippen molar-refractivity contribution >= 4 is 5.91 Å². The van der Waals surface area contributed by atoms with Gasteiger partial charge in [0, 0.05) is 24.7 Å². The number of carbonyl (C=O) groups is 1. The maximum Gasteiger partial charge on any atom is 0.251 e. The topological polar surface area (TPSA) is 50.8 Å². The van der Waals surface area contributed by atoms with Crippen molar-refractivity contribution in [1.82, 2.24) is 10.2 Å². The van der Waals surface area contributed by atoms with E-state index in [1.165, 1.54) is 12.8 Å². The lowest BCUT2D eigenvalue weighted by Crippen LogP contribution is -2.50. The highest BCUT2D eigenvalue weighted by Crippen LogP contribution is 2.22. The Hall–Kier alpha value is -1.59. The van der Waals surface area contributed by atoms with Crippen molar-refractivity contribution in [2.45, 2.75) is 31.9 Å². The Labute approximate surface area is 131 Å². The Morgan fingerprint density at radius 1 is 1.50 bits per heavy atom. The molecule has 120 valence electrons.